The third-order valence-electron chi connectivity index (χ3n) is 2.87. The monoisotopic (exact) mass is 210 g/mol. The zero-order valence-corrected chi connectivity index (χ0v) is 10.2. The lowest BCUT2D eigenvalue weighted by Gasteiger charge is -2.20. The predicted molar refractivity (Wildman–Crippen MR) is 64.1 cm³/mol. The minimum absolute atomic E-state index is 0.632. The molecule has 0 radical (unpaired) electrons. The number of halogens is 1. The topological polar surface area (TPSA) is 0 Å². The third-order valence-corrected chi connectivity index (χ3v) is 3.28. The van der Waals surface area contributed by atoms with Crippen molar-refractivity contribution in [3.8, 4) is 0 Å². The first-order chi connectivity index (χ1) is 6.56. The number of hydrogen-bond acceptors (Lipinski definition) is 0. The molecule has 0 amide bonds. The number of aryl methyl sites for hydroxylation is 1. The number of hydrogen-bond donors (Lipinski definition) is 0. The lowest BCUT2D eigenvalue weighted by Crippen LogP contribution is -2.05. The molecule has 1 heteroatoms. The maximum Gasteiger partial charge on any atom is 0.0438 e. The minimum atomic E-state index is 0.632. The van der Waals surface area contributed by atoms with E-state index in [1.807, 2.05) is 6.92 Å². The van der Waals surface area contributed by atoms with Crippen LogP contribution in [0.2, 0.25) is 5.02 Å². The highest BCUT2D eigenvalue weighted by Crippen LogP contribution is 2.30. The molecular formula is C13H19Cl. The molecule has 78 valence electrons. The summed E-state index contributed by atoms with van der Waals surface area (Å²) >= 11 is 6.12. The van der Waals surface area contributed by atoms with Gasteiger partial charge in [-0.3, -0.25) is 0 Å². The smallest absolute Gasteiger partial charge is 0.0438 e. The molecule has 0 saturated carbocycles. The summed E-state index contributed by atoms with van der Waals surface area (Å²) in [6, 6.07) is 6.43. The van der Waals surface area contributed by atoms with Gasteiger partial charge in [-0.05, 0) is 42.4 Å². The molecule has 0 aliphatic carbocycles. The van der Waals surface area contributed by atoms with E-state index in [2.05, 4.69) is 39.0 Å². The SMILES string of the molecule is CC[C@@H](c1ccc(C)c(Cl)c1)C(C)C. The highest BCUT2D eigenvalue weighted by Gasteiger charge is 2.13. The summed E-state index contributed by atoms with van der Waals surface area (Å²) < 4.78 is 0. The van der Waals surface area contributed by atoms with Gasteiger partial charge in [0.05, 0.1) is 0 Å². The zero-order valence-electron chi connectivity index (χ0n) is 9.47. The first-order valence-corrected chi connectivity index (χ1v) is 5.70. The van der Waals surface area contributed by atoms with Crippen molar-refractivity contribution in [2.45, 2.75) is 40.0 Å². The Balaban J connectivity index is 3.00. The molecule has 1 atom stereocenters. The molecule has 0 fully saturated rings. The highest BCUT2D eigenvalue weighted by atomic mass is 35.5. The second-order valence-corrected chi connectivity index (χ2v) is 4.67. The van der Waals surface area contributed by atoms with Crippen molar-refractivity contribution in [2.24, 2.45) is 5.92 Å². The standard InChI is InChI=1S/C13H19Cl/c1-5-12(9(2)3)11-7-6-10(4)13(14)8-11/h6-9,12H,5H2,1-4H3/t12-/m1/s1. The normalized spacial score (nSPS) is 13.3. The second kappa shape index (κ2) is 4.84. The molecule has 1 rings (SSSR count). The lowest BCUT2D eigenvalue weighted by molar-refractivity contribution is 0.485. The maximum atomic E-state index is 6.12. The van der Waals surface area contributed by atoms with Crippen molar-refractivity contribution < 1.29 is 0 Å². The van der Waals surface area contributed by atoms with Crippen molar-refractivity contribution >= 4 is 11.6 Å². The molecule has 0 N–H and O–H groups in total. The van der Waals surface area contributed by atoms with Gasteiger partial charge in [0, 0.05) is 5.02 Å². The summed E-state index contributed by atoms with van der Waals surface area (Å²) in [6.45, 7) is 8.81. The number of rotatable bonds is 3. The largest absolute Gasteiger partial charge is 0.0840 e. The van der Waals surface area contributed by atoms with Crippen molar-refractivity contribution in [3.63, 3.8) is 0 Å². The van der Waals surface area contributed by atoms with Crippen LogP contribution in [0.4, 0.5) is 0 Å². The lowest BCUT2D eigenvalue weighted by atomic mass is 9.86. The molecular weight excluding hydrogens is 192 g/mol. The summed E-state index contributed by atoms with van der Waals surface area (Å²) in [5.41, 5.74) is 2.53. The summed E-state index contributed by atoms with van der Waals surface area (Å²) in [5, 5.41) is 0.890. The van der Waals surface area contributed by atoms with Crippen LogP contribution in [-0.4, -0.2) is 0 Å². The molecule has 0 spiro atoms. The van der Waals surface area contributed by atoms with Crippen LogP contribution >= 0.6 is 11.6 Å². The second-order valence-electron chi connectivity index (χ2n) is 4.27. The van der Waals surface area contributed by atoms with Crippen molar-refractivity contribution in [1.29, 1.82) is 0 Å². The molecule has 0 aliphatic heterocycles. The zero-order chi connectivity index (χ0) is 10.7. The van der Waals surface area contributed by atoms with Crippen LogP contribution in [0.15, 0.2) is 18.2 Å². The Labute approximate surface area is 92.3 Å². The first-order valence-electron chi connectivity index (χ1n) is 5.32. The number of benzene rings is 1. The van der Waals surface area contributed by atoms with Crippen LogP contribution in [0.3, 0.4) is 0 Å². The molecule has 1 aromatic rings. The van der Waals surface area contributed by atoms with Crippen molar-refractivity contribution in [2.75, 3.05) is 0 Å². The molecule has 0 heterocycles. The van der Waals surface area contributed by atoms with Gasteiger partial charge >= 0.3 is 0 Å². The minimum Gasteiger partial charge on any atom is -0.0840 e. The van der Waals surface area contributed by atoms with Gasteiger partial charge in [-0.1, -0.05) is 44.5 Å². The molecule has 0 aliphatic rings. The summed E-state index contributed by atoms with van der Waals surface area (Å²) in [7, 11) is 0. The van der Waals surface area contributed by atoms with E-state index in [4.69, 9.17) is 11.6 Å². The summed E-state index contributed by atoms with van der Waals surface area (Å²) in [6.07, 6.45) is 1.18. The molecule has 0 saturated heterocycles. The van der Waals surface area contributed by atoms with Gasteiger partial charge < -0.3 is 0 Å². The van der Waals surface area contributed by atoms with Crippen molar-refractivity contribution in [3.05, 3.63) is 34.3 Å². The molecule has 1 aromatic carbocycles. The molecule has 0 aromatic heterocycles. The molecule has 0 bridgehead atoms. The fourth-order valence-corrected chi connectivity index (χ4v) is 2.12. The van der Waals surface area contributed by atoms with Gasteiger partial charge in [0.25, 0.3) is 0 Å². The van der Waals surface area contributed by atoms with E-state index in [1.165, 1.54) is 12.0 Å². The fraction of sp³-hybridized carbons (Fsp3) is 0.538. The van der Waals surface area contributed by atoms with Crippen molar-refractivity contribution in [1.82, 2.24) is 0 Å². The van der Waals surface area contributed by atoms with Crippen LogP contribution < -0.4 is 0 Å². The first kappa shape index (κ1) is 11.6. The molecule has 0 unspecified atom stereocenters. The molecule has 0 nitrogen and oxygen atoms in total. The quantitative estimate of drug-likeness (QED) is 0.673. The highest BCUT2D eigenvalue weighted by molar-refractivity contribution is 6.31. The van der Waals surface area contributed by atoms with Crippen LogP contribution in [-0.2, 0) is 0 Å². The predicted octanol–water partition coefficient (Wildman–Crippen LogP) is 4.80. The Morgan fingerprint density at radius 2 is 1.93 bits per heavy atom. The summed E-state index contributed by atoms with van der Waals surface area (Å²) in [5.74, 6) is 1.31. The van der Waals surface area contributed by atoms with Crippen LogP contribution in [0.25, 0.3) is 0 Å². The van der Waals surface area contributed by atoms with Crippen LogP contribution in [0.5, 0.6) is 0 Å². The van der Waals surface area contributed by atoms with E-state index >= 15 is 0 Å². The Morgan fingerprint density at radius 1 is 1.29 bits per heavy atom. The van der Waals surface area contributed by atoms with Gasteiger partial charge in [0.1, 0.15) is 0 Å². The van der Waals surface area contributed by atoms with E-state index in [0.717, 1.165) is 10.6 Å². The van der Waals surface area contributed by atoms with Gasteiger partial charge in [-0.25, -0.2) is 0 Å². The average molecular weight is 211 g/mol. The van der Waals surface area contributed by atoms with E-state index in [-0.39, 0.29) is 0 Å². The van der Waals surface area contributed by atoms with Gasteiger partial charge in [0.15, 0.2) is 0 Å². The maximum absolute atomic E-state index is 6.12. The van der Waals surface area contributed by atoms with E-state index in [0.29, 0.717) is 11.8 Å². The average Bonchev–Trinajstić information content (AvgIpc) is 2.11. The Bertz CT molecular complexity index is 302. The third kappa shape index (κ3) is 2.51. The van der Waals surface area contributed by atoms with E-state index in [1.54, 1.807) is 0 Å². The van der Waals surface area contributed by atoms with E-state index in [9.17, 15) is 0 Å². The summed E-state index contributed by atoms with van der Waals surface area (Å²) in [4.78, 5) is 0. The Hall–Kier alpha value is -0.490. The Kier molecular flexibility index (Phi) is 4.00. The van der Waals surface area contributed by atoms with Gasteiger partial charge in [-0.15, -0.1) is 0 Å². The Morgan fingerprint density at radius 3 is 2.36 bits per heavy atom. The van der Waals surface area contributed by atoms with Crippen LogP contribution in [0, 0.1) is 12.8 Å². The van der Waals surface area contributed by atoms with Crippen LogP contribution in [0.1, 0.15) is 44.2 Å². The van der Waals surface area contributed by atoms with Gasteiger partial charge in [-0.2, -0.15) is 0 Å². The molecule has 14 heavy (non-hydrogen) atoms. The fourth-order valence-electron chi connectivity index (χ4n) is 1.93. The van der Waals surface area contributed by atoms with E-state index < -0.39 is 0 Å². The van der Waals surface area contributed by atoms with Gasteiger partial charge in [0.2, 0.25) is 0 Å².